The zero-order chi connectivity index (χ0) is 14.7. The number of anilines is 1. The van der Waals surface area contributed by atoms with Crippen LogP contribution >= 0.6 is 11.6 Å². The molecular formula is C14H14ClN3O3. The van der Waals surface area contributed by atoms with Gasteiger partial charge in [0.15, 0.2) is 11.5 Å². The highest BCUT2D eigenvalue weighted by atomic mass is 35.5. The van der Waals surface area contributed by atoms with Gasteiger partial charge in [-0.15, -0.1) is 0 Å². The number of nitrogens with one attached hydrogen (secondary N) is 2. The molecule has 21 heavy (non-hydrogen) atoms. The fourth-order valence-electron chi connectivity index (χ4n) is 2.02. The molecule has 2 aromatic rings. The van der Waals surface area contributed by atoms with Crippen molar-refractivity contribution >= 4 is 17.3 Å². The van der Waals surface area contributed by atoms with E-state index >= 15 is 0 Å². The quantitative estimate of drug-likeness (QED) is 0.909. The lowest BCUT2D eigenvalue weighted by atomic mass is 10.2. The summed E-state index contributed by atoms with van der Waals surface area (Å²) < 4.78 is 11.2. The minimum Gasteiger partial charge on any atom is -0.490 e. The van der Waals surface area contributed by atoms with Crippen molar-refractivity contribution < 1.29 is 9.47 Å². The summed E-state index contributed by atoms with van der Waals surface area (Å²) in [4.78, 5) is 11.4. The van der Waals surface area contributed by atoms with Crippen molar-refractivity contribution in [2.45, 2.75) is 13.0 Å². The van der Waals surface area contributed by atoms with Crippen molar-refractivity contribution in [2.75, 3.05) is 18.5 Å². The molecular weight excluding hydrogens is 294 g/mol. The van der Waals surface area contributed by atoms with Gasteiger partial charge in [-0.3, -0.25) is 4.79 Å². The number of ether oxygens (including phenoxy) is 2. The molecule has 7 heteroatoms. The Kier molecular flexibility index (Phi) is 3.96. The molecule has 1 aliphatic rings. The van der Waals surface area contributed by atoms with Crippen molar-refractivity contribution in [3.8, 4) is 11.5 Å². The second-order valence-electron chi connectivity index (χ2n) is 4.61. The molecule has 110 valence electrons. The third-order valence-electron chi connectivity index (χ3n) is 3.09. The molecule has 0 amide bonds. The van der Waals surface area contributed by atoms with Gasteiger partial charge in [-0.25, -0.2) is 5.10 Å². The first-order valence-corrected chi connectivity index (χ1v) is 6.97. The van der Waals surface area contributed by atoms with Crippen LogP contribution in [0.5, 0.6) is 11.5 Å². The molecule has 2 heterocycles. The standard InChI is InChI=1S/C14H14ClN3O3/c15-13-10(8-17-18-14(13)19)16-7-9-2-3-11-12(6-9)21-5-1-4-20-11/h2-3,6,8H,1,4-5,7H2,(H2,16,18,19). The van der Waals surface area contributed by atoms with Crippen LogP contribution in [0.15, 0.2) is 29.2 Å². The average molecular weight is 308 g/mol. The second kappa shape index (κ2) is 6.05. The number of benzene rings is 1. The number of fused-ring (bicyclic) bond motifs is 1. The Labute approximate surface area is 126 Å². The van der Waals surface area contributed by atoms with Gasteiger partial charge in [0.05, 0.1) is 25.1 Å². The van der Waals surface area contributed by atoms with Crippen LogP contribution in [0.1, 0.15) is 12.0 Å². The maximum absolute atomic E-state index is 11.4. The van der Waals surface area contributed by atoms with Crippen molar-refractivity contribution in [1.29, 1.82) is 0 Å². The topological polar surface area (TPSA) is 76.2 Å². The fraction of sp³-hybridized carbons (Fsp3) is 0.286. The number of H-pyrrole nitrogens is 1. The summed E-state index contributed by atoms with van der Waals surface area (Å²) in [7, 11) is 0. The van der Waals surface area contributed by atoms with E-state index in [9.17, 15) is 4.79 Å². The summed E-state index contributed by atoms with van der Waals surface area (Å²) in [5, 5.41) is 9.16. The largest absolute Gasteiger partial charge is 0.490 e. The van der Waals surface area contributed by atoms with Gasteiger partial charge < -0.3 is 14.8 Å². The van der Waals surface area contributed by atoms with Crippen LogP contribution in [0.4, 0.5) is 5.69 Å². The molecule has 0 saturated carbocycles. The molecule has 0 spiro atoms. The van der Waals surface area contributed by atoms with Gasteiger partial charge >= 0.3 is 0 Å². The van der Waals surface area contributed by atoms with Gasteiger partial charge in [0.2, 0.25) is 0 Å². The first-order valence-electron chi connectivity index (χ1n) is 6.59. The van der Waals surface area contributed by atoms with Gasteiger partial charge in [0.25, 0.3) is 5.56 Å². The Morgan fingerprint density at radius 2 is 2.10 bits per heavy atom. The summed E-state index contributed by atoms with van der Waals surface area (Å²) in [6.07, 6.45) is 2.35. The molecule has 1 aromatic carbocycles. The molecule has 1 aliphatic heterocycles. The van der Waals surface area contributed by atoms with E-state index in [1.54, 1.807) is 0 Å². The predicted octanol–water partition coefficient (Wildman–Crippen LogP) is 2.20. The number of hydrogen-bond acceptors (Lipinski definition) is 5. The molecule has 6 nitrogen and oxygen atoms in total. The number of hydrogen-bond donors (Lipinski definition) is 2. The lowest BCUT2D eigenvalue weighted by molar-refractivity contribution is 0.297. The Balaban J connectivity index is 1.75. The second-order valence-corrected chi connectivity index (χ2v) is 4.99. The highest BCUT2D eigenvalue weighted by Crippen LogP contribution is 2.30. The van der Waals surface area contributed by atoms with E-state index in [0.717, 1.165) is 23.5 Å². The summed E-state index contributed by atoms with van der Waals surface area (Å²) in [5.74, 6) is 1.49. The Hall–Kier alpha value is -2.21. The molecule has 0 saturated heterocycles. The summed E-state index contributed by atoms with van der Waals surface area (Å²) in [6.45, 7) is 1.81. The zero-order valence-corrected chi connectivity index (χ0v) is 11.9. The van der Waals surface area contributed by atoms with Crippen LogP contribution in [0.3, 0.4) is 0 Å². The average Bonchev–Trinajstić information content (AvgIpc) is 2.73. The summed E-state index contributed by atoms with van der Waals surface area (Å²) in [6, 6.07) is 5.74. The van der Waals surface area contributed by atoms with Crippen LogP contribution in [0.2, 0.25) is 5.02 Å². The minimum absolute atomic E-state index is 0.0966. The van der Waals surface area contributed by atoms with E-state index < -0.39 is 5.56 Å². The fourth-order valence-corrected chi connectivity index (χ4v) is 2.18. The van der Waals surface area contributed by atoms with E-state index in [1.807, 2.05) is 18.2 Å². The Bertz CT molecular complexity index is 702. The summed E-state index contributed by atoms with van der Waals surface area (Å²) in [5.41, 5.74) is 1.07. The van der Waals surface area contributed by atoms with Crippen molar-refractivity contribution in [3.63, 3.8) is 0 Å². The highest BCUT2D eigenvalue weighted by Gasteiger charge is 2.11. The van der Waals surface area contributed by atoms with Crippen molar-refractivity contribution in [1.82, 2.24) is 10.2 Å². The molecule has 0 fully saturated rings. The van der Waals surface area contributed by atoms with E-state index in [-0.39, 0.29) is 5.02 Å². The molecule has 2 N–H and O–H groups in total. The van der Waals surface area contributed by atoms with Crippen molar-refractivity contribution in [2.24, 2.45) is 0 Å². The normalized spacial score (nSPS) is 13.6. The molecule has 1 aromatic heterocycles. The van der Waals surface area contributed by atoms with Crippen LogP contribution in [0.25, 0.3) is 0 Å². The molecule has 3 rings (SSSR count). The van der Waals surface area contributed by atoms with E-state index in [4.69, 9.17) is 21.1 Å². The van der Waals surface area contributed by atoms with E-state index in [0.29, 0.717) is 25.4 Å². The monoisotopic (exact) mass is 307 g/mol. The van der Waals surface area contributed by atoms with E-state index in [1.165, 1.54) is 6.20 Å². The zero-order valence-electron chi connectivity index (χ0n) is 11.2. The lowest BCUT2D eigenvalue weighted by Gasteiger charge is -2.11. The minimum atomic E-state index is -0.416. The highest BCUT2D eigenvalue weighted by molar-refractivity contribution is 6.32. The summed E-state index contributed by atoms with van der Waals surface area (Å²) >= 11 is 5.91. The van der Waals surface area contributed by atoms with Crippen LogP contribution in [-0.2, 0) is 6.54 Å². The molecule has 0 bridgehead atoms. The maximum atomic E-state index is 11.4. The van der Waals surface area contributed by atoms with Crippen LogP contribution in [-0.4, -0.2) is 23.4 Å². The van der Waals surface area contributed by atoms with E-state index in [2.05, 4.69) is 15.5 Å². The van der Waals surface area contributed by atoms with Gasteiger partial charge in [0.1, 0.15) is 5.02 Å². The molecule has 0 aliphatic carbocycles. The maximum Gasteiger partial charge on any atom is 0.285 e. The smallest absolute Gasteiger partial charge is 0.285 e. The van der Waals surface area contributed by atoms with Gasteiger partial charge in [0, 0.05) is 13.0 Å². The number of halogens is 1. The molecule has 0 atom stereocenters. The first-order chi connectivity index (χ1) is 10.2. The molecule has 0 radical (unpaired) electrons. The van der Waals surface area contributed by atoms with Crippen LogP contribution < -0.4 is 20.3 Å². The third kappa shape index (κ3) is 3.11. The number of aromatic nitrogens is 2. The lowest BCUT2D eigenvalue weighted by Crippen LogP contribution is -2.11. The Morgan fingerprint density at radius 1 is 1.29 bits per heavy atom. The van der Waals surface area contributed by atoms with Gasteiger partial charge in [-0.1, -0.05) is 17.7 Å². The van der Waals surface area contributed by atoms with Crippen LogP contribution in [0, 0.1) is 0 Å². The Morgan fingerprint density at radius 3 is 2.95 bits per heavy atom. The number of aromatic amines is 1. The van der Waals surface area contributed by atoms with Crippen molar-refractivity contribution in [3.05, 3.63) is 45.3 Å². The predicted molar refractivity (Wildman–Crippen MR) is 79.2 cm³/mol. The number of nitrogens with zero attached hydrogens (tertiary/aromatic N) is 1. The molecule has 0 unspecified atom stereocenters. The van der Waals surface area contributed by atoms with Gasteiger partial charge in [-0.05, 0) is 17.7 Å². The van der Waals surface area contributed by atoms with Gasteiger partial charge in [-0.2, -0.15) is 5.10 Å². The third-order valence-corrected chi connectivity index (χ3v) is 3.47. The SMILES string of the molecule is O=c1[nH]ncc(NCc2ccc3c(c2)OCCCO3)c1Cl. The first kappa shape index (κ1) is 13.8. The number of rotatable bonds is 3.